The molecule has 0 atom stereocenters. The molecule has 0 spiro atoms. The van der Waals surface area contributed by atoms with Crippen LogP contribution < -0.4 is 4.90 Å². The summed E-state index contributed by atoms with van der Waals surface area (Å²) < 4.78 is 2.42. The summed E-state index contributed by atoms with van der Waals surface area (Å²) in [4.78, 5) is 2.38. The topological polar surface area (TPSA) is 8.17 Å². The molecule has 2 heteroatoms. The average molecular weight is 679 g/mol. The summed E-state index contributed by atoms with van der Waals surface area (Å²) in [5, 5.41) is 2.49. The van der Waals surface area contributed by atoms with Gasteiger partial charge in [-0.2, -0.15) is 0 Å². The van der Waals surface area contributed by atoms with Gasteiger partial charge in [-0.05, 0) is 117 Å². The van der Waals surface area contributed by atoms with Gasteiger partial charge in [-0.25, -0.2) is 0 Å². The minimum atomic E-state index is -0.0779. The summed E-state index contributed by atoms with van der Waals surface area (Å²) in [6.07, 6.45) is 0. The molecule has 0 bridgehead atoms. The summed E-state index contributed by atoms with van der Waals surface area (Å²) in [6.45, 7) is 4.70. The van der Waals surface area contributed by atoms with Crippen molar-refractivity contribution in [1.29, 1.82) is 0 Å². The van der Waals surface area contributed by atoms with Crippen LogP contribution in [-0.4, -0.2) is 4.57 Å². The zero-order valence-electron chi connectivity index (χ0n) is 29.9. The first-order chi connectivity index (χ1) is 26.0. The third kappa shape index (κ3) is 5.10. The third-order valence-electron chi connectivity index (χ3n) is 11.2. The van der Waals surface area contributed by atoms with Crippen LogP contribution in [0.25, 0.3) is 60.9 Å². The summed E-state index contributed by atoms with van der Waals surface area (Å²) >= 11 is 0. The van der Waals surface area contributed by atoms with Crippen LogP contribution in [-0.2, 0) is 5.41 Å². The van der Waals surface area contributed by atoms with E-state index in [1.54, 1.807) is 0 Å². The third-order valence-corrected chi connectivity index (χ3v) is 11.2. The van der Waals surface area contributed by atoms with E-state index in [9.17, 15) is 0 Å². The first kappa shape index (κ1) is 31.1. The van der Waals surface area contributed by atoms with E-state index >= 15 is 0 Å². The Morgan fingerprint density at radius 1 is 0.377 bits per heavy atom. The van der Waals surface area contributed by atoms with Gasteiger partial charge in [0.25, 0.3) is 0 Å². The SMILES string of the molecule is CC1(C)c2ccccc2-c2ccc(N(c3ccccc3)c3ccc(-n4c5ccc(-c6ccccc6)cc5c5cc(-c6ccccc6)ccc54)cc3)cc21. The van der Waals surface area contributed by atoms with E-state index in [4.69, 9.17) is 0 Å². The normalized spacial score (nSPS) is 12.9. The molecule has 8 aromatic carbocycles. The van der Waals surface area contributed by atoms with Gasteiger partial charge in [0, 0.05) is 38.9 Å². The summed E-state index contributed by atoms with van der Waals surface area (Å²) in [5.41, 5.74) is 17.1. The number of aromatic nitrogens is 1. The van der Waals surface area contributed by atoms with Crippen molar-refractivity contribution in [3.63, 3.8) is 0 Å². The molecule has 53 heavy (non-hydrogen) atoms. The van der Waals surface area contributed by atoms with Crippen LogP contribution in [0.3, 0.4) is 0 Å². The van der Waals surface area contributed by atoms with Crippen LogP contribution in [0, 0.1) is 0 Å². The summed E-state index contributed by atoms with van der Waals surface area (Å²) in [5.74, 6) is 0. The fraction of sp³-hybridized carbons (Fsp3) is 0.0588. The Balaban J connectivity index is 1.11. The van der Waals surface area contributed by atoms with Crippen LogP contribution in [0.2, 0.25) is 0 Å². The highest BCUT2D eigenvalue weighted by atomic mass is 15.1. The highest BCUT2D eigenvalue weighted by molar-refractivity contribution is 6.11. The minimum absolute atomic E-state index is 0.0779. The van der Waals surface area contributed by atoms with E-state index in [1.165, 1.54) is 66.3 Å². The summed E-state index contributed by atoms with van der Waals surface area (Å²) in [6, 6.07) is 70.8. The van der Waals surface area contributed by atoms with Gasteiger partial charge in [-0.1, -0.05) is 135 Å². The maximum atomic E-state index is 2.42. The van der Waals surface area contributed by atoms with Gasteiger partial charge in [0.2, 0.25) is 0 Å². The number of anilines is 3. The van der Waals surface area contributed by atoms with Crippen molar-refractivity contribution >= 4 is 38.9 Å². The van der Waals surface area contributed by atoms with Crippen LogP contribution >= 0.6 is 0 Å². The predicted octanol–water partition coefficient (Wildman–Crippen LogP) is 13.9. The number of nitrogens with zero attached hydrogens (tertiary/aromatic N) is 2. The van der Waals surface area contributed by atoms with E-state index in [-0.39, 0.29) is 5.41 Å². The Kier molecular flexibility index (Phi) is 7.19. The maximum absolute atomic E-state index is 2.42. The first-order valence-corrected chi connectivity index (χ1v) is 18.4. The summed E-state index contributed by atoms with van der Waals surface area (Å²) in [7, 11) is 0. The van der Waals surface area contributed by atoms with E-state index in [1.807, 2.05) is 0 Å². The minimum Gasteiger partial charge on any atom is -0.310 e. The first-order valence-electron chi connectivity index (χ1n) is 18.4. The van der Waals surface area contributed by atoms with Gasteiger partial charge < -0.3 is 9.47 Å². The quantitative estimate of drug-likeness (QED) is 0.170. The smallest absolute Gasteiger partial charge is 0.0541 e. The second-order valence-corrected chi connectivity index (χ2v) is 14.6. The maximum Gasteiger partial charge on any atom is 0.0541 e. The molecule has 1 aromatic heterocycles. The molecule has 1 aliphatic rings. The lowest BCUT2D eigenvalue weighted by Gasteiger charge is -2.28. The van der Waals surface area contributed by atoms with Crippen LogP contribution in [0.15, 0.2) is 194 Å². The number of rotatable bonds is 6. The van der Waals surface area contributed by atoms with Gasteiger partial charge in [0.1, 0.15) is 0 Å². The number of fused-ring (bicyclic) bond motifs is 6. The lowest BCUT2D eigenvalue weighted by molar-refractivity contribution is 0.660. The fourth-order valence-corrected chi connectivity index (χ4v) is 8.53. The van der Waals surface area contributed by atoms with Crippen molar-refractivity contribution in [3.8, 4) is 39.1 Å². The largest absolute Gasteiger partial charge is 0.310 e. The Labute approximate surface area is 310 Å². The lowest BCUT2D eigenvalue weighted by atomic mass is 9.82. The van der Waals surface area contributed by atoms with Gasteiger partial charge in [-0.3, -0.25) is 0 Å². The van der Waals surface area contributed by atoms with Gasteiger partial charge in [0.05, 0.1) is 11.0 Å². The molecule has 0 N–H and O–H groups in total. The second kappa shape index (κ2) is 12.3. The van der Waals surface area contributed by atoms with Crippen LogP contribution in [0.1, 0.15) is 25.0 Å². The molecule has 1 heterocycles. The molecular formula is C51H38N2. The molecular weight excluding hydrogens is 641 g/mol. The fourth-order valence-electron chi connectivity index (χ4n) is 8.53. The molecule has 10 rings (SSSR count). The van der Waals surface area contributed by atoms with Crippen molar-refractivity contribution in [2.75, 3.05) is 4.90 Å². The Morgan fingerprint density at radius 2 is 0.868 bits per heavy atom. The molecule has 1 aliphatic carbocycles. The second-order valence-electron chi connectivity index (χ2n) is 14.6. The molecule has 0 radical (unpaired) electrons. The van der Waals surface area contributed by atoms with Gasteiger partial charge in [0.15, 0.2) is 0 Å². The monoisotopic (exact) mass is 678 g/mol. The number of benzene rings is 8. The van der Waals surface area contributed by atoms with Crippen LogP contribution in [0.5, 0.6) is 0 Å². The molecule has 0 saturated heterocycles. The molecule has 0 fully saturated rings. The van der Waals surface area contributed by atoms with Crippen molar-refractivity contribution in [1.82, 2.24) is 4.57 Å². The van der Waals surface area contributed by atoms with E-state index in [0.717, 1.165) is 22.7 Å². The van der Waals surface area contributed by atoms with Crippen molar-refractivity contribution in [3.05, 3.63) is 205 Å². The molecule has 0 amide bonds. The Morgan fingerprint density at radius 3 is 1.47 bits per heavy atom. The average Bonchev–Trinajstić information content (AvgIpc) is 3.66. The standard InChI is InChI=1S/C51H38N2/c1-51(2)47-21-13-12-20-43(47)44-29-28-42(34-48(44)51)52(39-18-10-5-11-19-39)40-24-26-41(27-25-40)53-49-30-22-37(35-14-6-3-7-15-35)32-45(49)46-33-38(23-31-50(46)53)36-16-8-4-9-17-36/h3-34H,1-2H3. The Bertz CT molecular complexity index is 2680. The molecule has 2 nitrogen and oxygen atoms in total. The van der Waals surface area contributed by atoms with Gasteiger partial charge in [-0.15, -0.1) is 0 Å². The van der Waals surface area contributed by atoms with Crippen molar-refractivity contribution in [2.24, 2.45) is 0 Å². The molecule has 0 unspecified atom stereocenters. The predicted molar refractivity (Wildman–Crippen MR) is 224 cm³/mol. The zero-order valence-corrected chi connectivity index (χ0v) is 29.9. The molecule has 0 aliphatic heterocycles. The van der Waals surface area contributed by atoms with E-state index < -0.39 is 0 Å². The zero-order chi connectivity index (χ0) is 35.5. The number of para-hydroxylation sites is 1. The highest BCUT2D eigenvalue weighted by Crippen LogP contribution is 2.50. The van der Waals surface area contributed by atoms with Crippen molar-refractivity contribution < 1.29 is 0 Å². The van der Waals surface area contributed by atoms with E-state index in [0.29, 0.717) is 0 Å². The lowest BCUT2D eigenvalue weighted by Crippen LogP contribution is -2.16. The molecule has 0 saturated carbocycles. The molecule has 252 valence electrons. The van der Waals surface area contributed by atoms with Crippen molar-refractivity contribution in [2.45, 2.75) is 19.3 Å². The highest BCUT2D eigenvalue weighted by Gasteiger charge is 2.35. The van der Waals surface area contributed by atoms with Gasteiger partial charge >= 0.3 is 0 Å². The number of hydrogen-bond donors (Lipinski definition) is 0. The Hall–Kier alpha value is -6.64. The molecule has 9 aromatic rings. The van der Waals surface area contributed by atoms with E-state index in [2.05, 4.69) is 217 Å². The number of hydrogen-bond acceptors (Lipinski definition) is 1. The van der Waals surface area contributed by atoms with Crippen LogP contribution in [0.4, 0.5) is 17.1 Å².